The van der Waals surface area contributed by atoms with E-state index in [-0.39, 0.29) is 11.8 Å². The molecule has 4 rings (SSSR count). The Labute approximate surface area is 160 Å². The monoisotopic (exact) mass is 362 g/mol. The normalized spacial score (nSPS) is 15.9. The number of aromatic nitrogens is 1. The number of fused-ring (bicyclic) bond motifs is 1. The number of nitrogens with zero attached hydrogens (tertiary/aromatic N) is 2. The smallest absolute Gasteiger partial charge is 0.223 e. The molecule has 1 saturated heterocycles. The molecule has 3 aromatic rings. The van der Waals surface area contributed by atoms with Crippen LogP contribution in [0.15, 0.2) is 54.7 Å². The van der Waals surface area contributed by atoms with Crippen molar-refractivity contribution in [3.63, 3.8) is 0 Å². The van der Waals surface area contributed by atoms with E-state index in [2.05, 4.69) is 73.3 Å². The first-order chi connectivity index (χ1) is 13.1. The summed E-state index contributed by atoms with van der Waals surface area (Å²) in [5.74, 6) is 0.254. The van der Waals surface area contributed by atoms with E-state index in [1.165, 1.54) is 27.6 Å². The molecule has 1 aliphatic rings. The van der Waals surface area contributed by atoms with Crippen molar-refractivity contribution in [1.29, 1.82) is 0 Å². The highest BCUT2D eigenvalue weighted by atomic mass is 16.5. The minimum absolute atomic E-state index is 0.0475. The third-order valence-corrected chi connectivity index (χ3v) is 5.49. The van der Waals surface area contributed by atoms with E-state index in [4.69, 9.17) is 4.74 Å². The number of hydrogen-bond acceptors (Lipinski definition) is 2. The lowest BCUT2D eigenvalue weighted by molar-refractivity contribution is -0.135. The fraction of sp³-hybridized carbons (Fsp3) is 0.348. The molecule has 4 nitrogen and oxygen atoms in total. The van der Waals surface area contributed by atoms with E-state index in [9.17, 15) is 4.79 Å². The molecule has 1 fully saturated rings. The highest BCUT2D eigenvalue weighted by Gasteiger charge is 2.25. The van der Waals surface area contributed by atoms with Crippen molar-refractivity contribution in [2.75, 3.05) is 26.3 Å². The quantitative estimate of drug-likeness (QED) is 0.706. The lowest BCUT2D eigenvalue weighted by Gasteiger charge is -2.29. The summed E-state index contributed by atoms with van der Waals surface area (Å²) in [4.78, 5) is 15.0. The summed E-state index contributed by atoms with van der Waals surface area (Å²) in [5.41, 5.74) is 4.84. The molecule has 140 valence electrons. The van der Waals surface area contributed by atoms with Gasteiger partial charge in [0, 0.05) is 49.6 Å². The Hall–Kier alpha value is -2.59. The molecule has 1 aromatic heterocycles. The molecular formula is C23H26N2O2. The van der Waals surface area contributed by atoms with Gasteiger partial charge in [0.1, 0.15) is 0 Å². The summed E-state index contributed by atoms with van der Waals surface area (Å²) in [6.45, 7) is 4.75. The Morgan fingerprint density at radius 1 is 1.11 bits per heavy atom. The number of amides is 1. The van der Waals surface area contributed by atoms with Gasteiger partial charge in [-0.3, -0.25) is 4.79 Å². The van der Waals surface area contributed by atoms with Crippen LogP contribution in [0.5, 0.6) is 0 Å². The van der Waals surface area contributed by atoms with Crippen LogP contribution in [0.3, 0.4) is 0 Å². The number of hydrogen-bond donors (Lipinski definition) is 0. The molecule has 0 N–H and O–H groups in total. The van der Waals surface area contributed by atoms with Crippen LogP contribution in [0, 0.1) is 6.92 Å². The van der Waals surface area contributed by atoms with Gasteiger partial charge in [-0.2, -0.15) is 0 Å². The van der Waals surface area contributed by atoms with E-state index in [0.29, 0.717) is 32.7 Å². The van der Waals surface area contributed by atoms with Gasteiger partial charge in [0.15, 0.2) is 0 Å². The van der Waals surface area contributed by atoms with Gasteiger partial charge in [0.2, 0.25) is 5.91 Å². The van der Waals surface area contributed by atoms with Gasteiger partial charge in [0.05, 0.1) is 13.2 Å². The summed E-state index contributed by atoms with van der Waals surface area (Å²) in [5, 5.41) is 1.22. The Morgan fingerprint density at radius 2 is 1.89 bits per heavy atom. The van der Waals surface area contributed by atoms with Gasteiger partial charge in [-0.25, -0.2) is 0 Å². The summed E-state index contributed by atoms with van der Waals surface area (Å²) in [6.07, 6.45) is 2.67. The second-order valence-corrected chi connectivity index (χ2v) is 7.38. The third-order valence-electron chi connectivity index (χ3n) is 5.49. The van der Waals surface area contributed by atoms with Crippen LogP contribution >= 0.6 is 0 Å². The molecule has 2 aromatic carbocycles. The first-order valence-corrected chi connectivity index (χ1v) is 9.59. The van der Waals surface area contributed by atoms with E-state index < -0.39 is 0 Å². The van der Waals surface area contributed by atoms with E-state index in [1.807, 2.05) is 4.90 Å². The molecule has 0 bridgehead atoms. The number of carbonyl (C=O) groups excluding carboxylic acids is 1. The topological polar surface area (TPSA) is 34.5 Å². The lowest BCUT2D eigenvalue weighted by Crippen LogP contribution is -2.41. The zero-order chi connectivity index (χ0) is 18.8. The maximum absolute atomic E-state index is 13.0. The van der Waals surface area contributed by atoms with Crippen molar-refractivity contribution in [3.8, 4) is 0 Å². The van der Waals surface area contributed by atoms with Crippen molar-refractivity contribution in [2.45, 2.75) is 19.3 Å². The molecule has 1 atom stereocenters. The number of benzene rings is 2. The number of para-hydroxylation sites is 1. The van der Waals surface area contributed by atoms with E-state index >= 15 is 0 Å². The second kappa shape index (κ2) is 7.57. The number of morpholine rings is 1. The number of aryl methyl sites for hydroxylation is 2. The largest absolute Gasteiger partial charge is 0.378 e. The Balaban J connectivity index is 1.75. The SMILES string of the molecule is Cc1cccc(C(CC(=O)N2CCOCC2)c2cn(C)c3ccccc23)c1. The van der Waals surface area contributed by atoms with Crippen LogP contribution in [0.1, 0.15) is 29.0 Å². The molecule has 1 aliphatic heterocycles. The fourth-order valence-electron chi connectivity index (χ4n) is 4.06. The van der Waals surface area contributed by atoms with Gasteiger partial charge in [0.25, 0.3) is 0 Å². The number of rotatable bonds is 4. The fourth-order valence-corrected chi connectivity index (χ4v) is 4.06. The second-order valence-electron chi connectivity index (χ2n) is 7.38. The first-order valence-electron chi connectivity index (χ1n) is 9.59. The summed E-state index contributed by atoms with van der Waals surface area (Å²) in [7, 11) is 2.07. The molecule has 1 amide bonds. The van der Waals surface area contributed by atoms with Crippen LogP contribution in [0.2, 0.25) is 0 Å². The van der Waals surface area contributed by atoms with Crippen molar-refractivity contribution >= 4 is 16.8 Å². The minimum atomic E-state index is 0.0475. The summed E-state index contributed by atoms with van der Waals surface area (Å²) >= 11 is 0. The summed E-state index contributed by atoms with van der Waals surface area (Å²) < 4.78 is 7.56. The van der Waals surface area contributed by atoms with Crippen LogP contribution in [0.4, 0.5) is 0 Å². The number of carbonyl (C=O) groups is 1. The van der Waals surface area contributed by atoms with Gasteiger partial charge in [-0.1, -0.05) is 48.0 Å². The molecule has 0 saturated carbocycles. The summed E-state index contributed by atoms with van der Waals surface area (Å²) in [6, 6.07) is 17.0. The molecule has 27 heavy (non-hydrogen) atoms. The Kier molecular flexibility index (Phi) is 4.99. The highest BCUT2D eigenvalue weighted by molar-refractivity contribution is 5.86. The van der Waals surface area contributed by atoms with Crippen molar-refractivity contribution in [1.82, 2.24) is 9.47 Å². The van der Waals surface area contributed by atoms with Crippen molar-refractivity contribution in [2.24, 2.45) is 7.05 Å². The predicted molar refractivity (Wildman–Crippen MR) is 108 cm³/mol. The third kappa shape index (κ3) is 3.62. The molecule has 0 spiro atoms. The van der Waals surface area contributed by atoms with Crippen molar-refractivity contribution in [3.05, 3.63) is 71.4 Å². The van der Waals surface area contributed by atoms with E-state index in [0.717, 1.165) is 0 Å². The van der Waals surface area contributed by atoms with Gasteiger partial charge in [-0.15, -0.1) is 0 Å². The average Bonchev–Trinajstić information content (AvgIpc) is 3.03. The van der Waals surface area contributed by atoms with Crippen LogP contribution in [0.25, 0.3) is 10.9 Å². The predicted octanol–water partition coefficient (Wildman–Crippen LogP) is 3.87. The molecule has 4 heteroatoms. The average molecular weight is 362 g/mol. The zero-order valence-corrected chi connectivity index (χ0v) is 16.0. The maximum atomic E-state index is 13.0. The minimum Gasteiger partial charge on any atom is -0.378 e. The molecule has 2 heterocycles. The van der Waals surface area contributed by atoms with E-state index in [1.54, 1.807) is 0 Å². The molecule has 0 radical (unpaired) electrons. The molecule has 0 aliphatic carbocycles. The first kappa shape index (κ1) is 17.8. The zero-order valence-electron chi connectivity index (χ0n) is 16.0. The lowest BCUT2D eigenvalue weighted by atomic mass is 9.87. The number of ether oxygens (including phenoxy) is 1. The Bertz CT molecular complexity index is 954. The van der Waals surface area contributed by atoms with Gasteiger partial charge >= 0.3 is 0 Å². The molecule has 1 unspecified atom stereocenters. The standard InChI is InChI=1S/C23H26N2O2/c1-17-6-5-7-18(14-17)20(15-23(26)25-10-12-27-13-11-25)21-16-24(2)22-9-4-3-8-19(21)22/h3-9,14,16,20H,10-13,15H2,1-2H3. The van der Waals surface area contributed by atoms with Crippen LogP contribution in [-0.4, -0.2) is 41.7 Å². The van der Waals surface area contributed by atoms with Crippen molar-refractivity contribution < 1.29 is 9.53 Å². The van der Waals surface area contributed by atoms with Crippen LogP contribution in [-0.2, 0) is 16.6 Å². The van der Waals surface area contributed by atoms with Gasteiger partial charge in [-0.05, 0) is 24.1 Å². The molecular weight excluding hydrogens is 336 g/mol. The maximum Gasteiger partial charge on any atom is 0.223 e. The van der Waals surface area contributed by atoms with Crippen LogP contribution < -0.4 is 0 Å². The van der Waals surface area contributed by atoms with Gasteiger partial charge < -0.3 is 14.2 Å². The Morgan fingerprint density at radius 3 is 2.67 bits per heavy atom. The highest BCUT2D eigenvalue weighted by Crippen LogP contribution is 2.35.